The first-order valence-electron chi connectivity index (χ1n) is 11.0. The molecule has 0 aliphatic rings. The van der Waals surface area contributed by atoms with Gasteiger partial charge in [-0.1, -0.05) is 19.0 Å². The number of thiophene rings is 1. The lowest BCUT2D eigenvalue weighted by atomic mass is 10.1. The molecule has 1 atom stereocenters. The highest BCUT2D eigenvalue weighted by atomic mass is 32.1. The van der Waals surface area contributed by atoms with Gasteiger partial charge in [0.25, 0.3) is 5.89 Å². The van der Waals surface area contributed by atoms with E-state index in [0.717, 1.165) is 28.1 Å². The summed E-state index contributed by atoms with van der Waals surface area (Å²) in [6, 6.07) is 6.37. The van der Waals surface area contributed by atoms with Crippen molar-refractivity contribution >= 4 is 17.2 Å². The van der Waals surface area contributed by atoms with Gasteiger partial charge in [-0.15, -0.1) is 11.3 Å². The molecular formula is C24H32N4O4S. The van der Waals surface area contributed by atoms with Gasteiger partial charge in [0.15, 0.2) is 0 Å². The monoisotopic (exact) mass is 472 g/mol. The number of aliphatic hydroxyl groups is 1. The average Bonchev–Trinajstić information content (AvgIpc) is 3.37. The topological polar surface area (TPSA) is 124 Å². The zero-order valence-electron chi connectivity index (χ0n) is 19.8. The normalized spacial score (nSPS) is 12.3. The minimum atomic E-state index is -0.759. The summed E-state index contributed by atoms with van der Waals surface area (Å²) in [6.07, 6.45) is -0.360. The molecule has 9 heteroatoms. The van der Waals surface area contributed by atoms with Gasteiger partial charge in [-0.25, -0.2) is 0 Å². The molecule has 8 nitrogen and oxygen atoms in total. The smallest absolute Gasteiger partial charge is 0.268 e. The van der Waals surface area contributed by atoms with E-state index in [4.69, 9.17) is 15.0 Å². The van der Waals surface area contributed by atoms with Gasteiger partial charge in [0.2, 0.25) is 11.7 Å². The first-order valence-corrected chi connectivity index (χ1v) is 11.8. The summed E-state index contributed by atoms with van der Waals surface area (Å²) in [7, 11) is 0. The molecule has 2 heterocycles. The molecule has 1 aromatic carbocycles. The second kappa shape index (κ2) is 10.9. The predicted molar refractivity (Wildman–Crippen MR) is 129 cm³/mol. The number of benzene rings is 1. The summed E-state index contributed by atoms with van der Waals surface area (Å²) < 4.78 is 11.4. The number of hydrogen-bond donors (Lipinski definition) is 3. The van der Waals surface area contributed by atoms with Gasteiger partial charge in [0.1, 0.15) is 12.4 Å². The Hall–Kier alpha value is -2.75. The second-order valence-corrected chi connectivity index (χ2v) is 9.72. The number of primary amides is 1. The molecule has 0 aliphatic carbocycles. The molecular weight excluding hydrogens is 440 g/mol. The Kier molecular flexibility index (Phi) is 8.23. The first-order chi connectivity index (χ1) is 15.6. The van der Waals surface area contributed by atoms with Crippen LogP contribution in [0.3, 0.4) is 0 Å². The molecule has 1 amide bonds. The Morgan fingerprint density at radius 2 is 1.91 bits per heavy atom. The summed E-state index contributed by atoms with van der Waals surface area (Å²) in [5.74, 6) is 1.27. The van der Waals surface area contributed by atoms with Gasteiger partial charge < -0.3 is 25.4 Å². The molecule has 0 fully saturated rings. The van der Waals surface area contributed by atoms with Crippen molar-refractivity contribution < 1.29 is 19.2 Å². The van der Waals surface area contributed by atoms with Crippen LogP contribution in [0.15, 0.2) is 22.7 Å². The maximum absolute atomic E-state index is 10.9. The lowest BCUT2D eigenvalue weighted by molar-refractivity contribution is -0.118. The molecule has 0 saturated carbocycles. The van der Waals surface area contributed by atoms with Crippen molar-refractivity contribution in [3.63, 3.8) is 0 Å². The lowest BCUT2D eigenvalue weighted by Gasteiger charge is -2.16. The highest BCUT2D eigenvalue weighted by Gasteiger charge is 2.17. The van der Waals surface area contributed by atoms with Gasteiger partial charge in [0.05, 0.1) is 11.0 Å². The number of nitrogens with zero attached hydrogens (tertiary/aromatic N) is 2. The van der Waals surface area contributed by atoms with Crippen LogP contribution in [-0.2, 0) is 11.3 Å². The van der Waals surface area contributed by atoms with Crippen LogP contribution >= 0.6 is 11.3 Å². The number of rotatable bonds is 11. The molecule has 3 rings (SSSR count). The van der Waals surface area contributed by atoms with Crippen LogP contribution in [0.25, 0.3) is 22.2 Å². The van der Waals surface area contributed by atoms with Crippen molar-refractivity contribution in [2.24, 2.45) is 5.73 Å². The minimum Gasteiger partial charge on any atom is -0.490 e. The van der Waals surface area contributed by atoms with Crippen LogP contribution < -0.4 is 15.8 Å². The maximum Gasteiger partial charge on any atom is 0.268 e. The highest BCUT2D eigenvalue weighted by molar-refractivity contribution is 7.15. The molecule has 2 aromatic heterocycles. The summed E-state index contributed by atoms with van der Waals surface area (Å²) in [4.78, 5) is 17.7. The van der Waals surface area contributed by atoms with Crippen molar-refractivity contribution in [1.82, 2.24) is 15.5 Å². The van der Waals surface area contributed by atoms with Crippen molar-refractivity contribution in [1.29, 1.82) is 0 Å². The van der Waals surface area contributed by atoms with Crippen LogP contribution in [0.5, 0.6) is 5.75 Å². The fraction of sp³-hybridized carbons (Fsp3) is 0.458. The Morgan fingerprint density at radius 3 is 2.55 bits per heavy atom. The van der Waals surface area contributed by atoms with Crippen molar-refractivity contribution in [3.8, 4) is 27.9 Å². The van der Waals surface area contributed by atoms with Crippen LogP contribution in [0, 0.1) is 20.8 Å². The number of carbonyl (C=O) groups excluding carboxylic acids is 1. The predicted octanol–water partition coefficient (Wildman–Crippen LogP) is 3.89. The summed E-state index contributed by atoms with van der Waals surface area (Å²) in [6.45, 7) is 11.1. The van der Waals surface area contributed by atoms with E-state index in [0.29, 0.717) is 23.5 Å². The zero-order valence-corrected chi connectivity index (χ0v) is 20.6. The first kappa shape index (κ1) is 24.9. The second-order valence-electron chi connectivity index (χ2n) is 8.58. The Balaban J connectivity index is 1.72. The molecule has 0 bridgehead atoms. The maximum atomic E-state index is 10.9. The third-order valence-corrected chi connectivity index (χ3v) is 6.42. The van der Waals surface area contributed by atoms with E-state index in [1.54, 1.807) is 11.3 Å². The number of aryl methyl sites for hydroxylation is 3. The van der Waals surface area contributed by atoms with E-state index < -0.39 is 12.0 Å². The molecule has 33 heavy (non-hydrogen) atoms. The van der Waals surface area contributed by atoms with E-state index in [1.165, 1.54) is 10.4 Å². The van der Waals surface area contributed by atoms with E-state index in [1.807, 2.05) is 26.0 Å². The minimum absolute atomic E-state index is 0.0897. The van der Waals surface area contributed by atoms with Crippen LogP contribution in [-0.4, -0.2) is 39.9 Å². The lowest BCUT2D eigenvalue weighted by Crippen LogP contribution is -2.21. The van der Waals surface area contributed by atoms with Gasteiger partial charge >= 0.3 is 0 Å². The van der Waals surface area contributed by atoms with Gasteiger partial charge in [-0.3, -0.25) is 4.79 Å². The largest absolute Gasteiger partial charge is 0.490 e. The Labute approximate surface area is 198 Å². The fourth-order valence-corrected chi connectivity index (χ4v) is 4.46. The third-order valence-electron chi connectivity index (χ3n) is 5.19. The highest BCUT2D eigenvalue weighted by Crippen LogP contribution is 2.33. The number of amides is 1. The average molecular weight is 473 g/mol. The summed E-state index contributed by atoms with van der Waals surface area (Å²) in [5.41, 5.74) is 8.95. The van der Waals surface area contributed by atoms with Crippen LogP contribution in [0.4, 0.5) is 0 Å². The van der Waals surface area contributed by atoms with E-state index >= 15 is 0 Å². The zero-order chi connectivity index (χ0) is 24.1. The van der Waals surface area contributed by atoms with E-state index in [2.05, 4.69) is 42.3 Å². The SMILES string of the molecule is Cc1cc(-c2nc(-c3cc(C)c(OC[C@@H](O)CCC(N)=O)c(C)c3)no2)sc1CNC(C)C. The molecule has 0 radical (unpaired) electrons. The number of aromatic nitrogens is 2. The number of nitrogens with two attached hydrogens (primary N) is 1. The van der Waals surface area contributed by atoms with Crippen molar-refractivity contribution in [2.45, 2.75) is 66.2 Å². The van der Waals surface area contributed by atoms with Crippen molar-refractivity contribution in [2.75, 3.05) is 6.61 Å². The summed E-state index contributed by atoms with van der Waals surface area (Å²) >= 11 is 1.66. The van der Waals surface area contributed by atoms with Crippen molar-refractivity contribution in [3.05, 3.63) is 39.8 Å². The van der Waals surface area contributed by atoms with E-state index in [-0.39, 0.29) is 19.4 Å². The summed E-state index contributed by atoms with van der Waals surface area (Å²) in [5, 5.41) is 17.6. The Morgan fingerprint density at radius 1 is 1.21 bits per heavy atom. The third kappa shape index (κ3) is 6.63. The number of ether oxygens (including phenoxy) is 1. The van der Waals surface area contributed by atoms with Gasteiger partial charge in [-0.05, 0) is 62.1 Å². The molecule has 0 saturated heterocycles. The number of aliphatic hydroxyl groups excluding tert-OH is 1. The Bertz CT molecular complexity index is 1080. The number of carbonyl (C=O) groups is 1. The quantitative estimate of drug-likeness (QED) is 0.387. The molecule has 0 aliphatic heterocycles. The standard InChI is InChI=1S/C24H32N4O4S/c1-13(2)26-11-20-14(3)10-19(33-20)24-27-23(28-32-24)17-8-15(4)22(16(5)9-17)31-12-18(29)6-7-21(25)30/h8-10,13,18,26,29H,6-7,11-12H2,1-5H3,(H2,25,30)/t18-/m0/s1. The molecule has 178 valence electrons. The molecule has 4 N–H and O–H groups in total. The fourth-order valence-electron chi connectivity index (χ4n) is 3.42. The number of nitrogens with one attached hydrogen (secondary N) is 1. The molecule has 3 aromatic rings. The van der Waals surface area contributed by atoms with E-state index in [9.17, 15) is 9.90 Å². The van der Waals surface area contributed by atoms with Crippen LogP contribution in [0.2, 0.25) is 0 Å². The van der Waals surface area contributed by atoms with Crippen LogP contribution in [0.1, 0.15) is 48.3 Å². The molecule has 0 unspecified atom stereocenters. The number of hydrogen-bond acceptors (Lipinski definition) is 8. The van der Waals surface area contributed by atoms with Gasteiger partial charge in [0, 0.05) is 29.4 Å². The van der Waals surface area contributed by atoms with Gasteiger partial charge in [-0.2, -0.15) is 4.98 Å². The molecule has 0 spiro atoms.